The molecule has 0 aliphatic heterocycles. The van der Waals surface area contributed by atoms with Crippen molar-refractivity contribution in [2.24, 2.45) is 0 Å². The molecule has 0 heterocycles. The molecule has 0 aliphatic rings. The first kappa shape index (κ1) is 25.2. The summed E-state index contributed by atoms with van der Waals surface area (Å²) >= 11 is 0. The van der Waals surface area contributed by atoms with Crippen LogP contribution in [0.5, 0.6) is 5.75 Å². The molecule has 2 rings (SSSR count). The molecule has 172 valence electrons. The van der Waals surface area contributed by atoms with E-state index >= 15 is 0 Å². The molecule has 0 atom stereocenters. The van der Waals surface area contributed by atoms with Gasteiger partial charge in [0.25, 0.3) is 0 Å². The smallest absolute Gasteiger partial charge is 0.338 e. The standard InChI is InChI=1S/C27H35NO4/c1-8-32-25(31)20-12-9-18(10-13-20)11-14-23(29)28-17-19-15-21(26(2,3)4)24(30)22(16-19)27(5,6)7/h9-16,30H,8,17H2,1-7H3,(H,28,29). The molecule has 0 saturated heterocycles. The Kier molecular flexibility index (Phi) is 7.89. The number of amides is 1. The third-order valence-electron chi connectivity index (χ3n) is 5.10. The molecule has 0 unspecified atom stereocenters. The second kappa shape index (κ2) is 10.0. The molecule has 2 aromatic carbocycles. The van der Waals surface area contributed by atoms with Gasteiger partial charge in [-0.05, 0) is 70.3 Å². The van der Waals surface area contributed by atoms with Crippen LogP contribution in [0.25, 0.3) is 6.08 Å². The van der Waals surface area contributed by atoms with E-state index in [9.17, 15) is 14.7 Å². The largest absolute Gasteiger partial charge is 0.507 e. The van der Waals surface area contributed by atoms with Crippen molar-refractivity contribution in [1.82, 2.24) is 5.32 Å². The molecule has 1 amide bonds. The van der Waals surface area contributed by atoms with Crippen LogP contribution in [0.1, 0.15) is 81.1 Å². The summed E-state index contributed by atoms with van der Waals surface area (Å²) in [7, 11) is 0. The minimum atomic E-state index is -0.362. The molecule has 5 heteroatoms. The summed E-state index contributed by atoms with van der Waals surface area (Å²) in [6.45, 7) is 14.8. The fraction of sp³-hybridized carbons (Fsp3) is 0.407. The van der Waals surface area contributed by atoms with E-state index in [4.69, 9.17) is 4.74 Å². The van der Waals surface area contributed by atoms with E-state index in [1.54, 1.807) is 37.3 Å². The van der Waals surface area contributed by atoms with Gasteiger partial charge in [-0.15, -0.1) is 0 Å². The SMILES string of the molecule is CCOC(=O)c1ccc(C=CC(=O)NCc2cc(C(C)(C)C)c(O)c(C(C)(C)C)c2)cc1. The number of esters is 1. The van der Waals surface area contributed by atoms with Gasteiger partial charge in [0.1, 0.15) is 5.75 Å². The highest BCUT2D eigenvalue weighted by atomic mass is 16.5. The summed E-state index contributed by atoms with van der Waals surface area (Å²) in [5.41, 5.74) is 3.52. The van der Waals surface area contributed by atoms with E-state index in [1.165, 1.54) is 6.08 Å². The number of rotatable bonds is 6. The maximum absolute atomic E-state index is 12.4. The molecule has 0 spiro atoms. The lowest BCUT2D eigenvalue weighted by molar-refractivity contribution is -0.116. The van der Waals surface area contributed by atoms with Crippen molar-refractivity contribution in [3.05, 3.63) is 70.3 Å². The fourth-order valence-corrected chi connectivity index (χ4v) is 3.30. The number of phenols is 1. The van der Waals surface area contributed by atoms with Crippen molar-refractivity contribution in [3.8, 4) is 5.75 Å². The molecule has 0 aromatic heterocycles. The predicted octanol–water partition coefficient (Wildman–Crippen LogP) is 5.49. The Bertz CT molecular complexity index is 955. The van der Waals surface area contributed by atoms with Crippen LogP contribution < -0.4 is 5.32 Å². The molecule has 0 fully saturated rings. The quantitative estimate of drug-likeness (QED) is 0.463. The Balaban J connectivity index is 2.11. The van der Waals surface area contributed by atoms with E-state index in [1.807, 2.05) is 12.1 Å². The summed E-state index contributed by atoms with van der Waals surface area (Å²) < 4.78 is 4.97. The number of aromatic hydroxyl groups is 1. The van der Waals surface area contributed by atoms with Gasteiger partial charge >= 0.3 is 5.97 Å². The summed E-state index contributed by atoms with van der Waals surface area (Å²) in [6, 6.07) is 10.8. The minimum Gasteiger partial charge on any atom is -0.507 e. The average Bonchev–Trinajstić information content (AvgIpc) is 2.70. The monoisotopic (exact) mass is 437 g/mol. The first-order valence-corrected chi connectivity index (χ1v) is 10.9. The first-order valence-electron chi connectivity index (χ1n) is 10.9. The molecule has 32 heavy (non-hydrogen) atoms. The number of hydrogen-bond donors (Lipinski definition) is 2. The van der Waals surface area contributed by atoms with Crippen LogP contribution in [0.2, 0.25) is 0 Å². The number of phenolic OH excluding ortho intramolecular Hbond substituents is 1. The van der Waals surface area contributed by atoms with Gasteiger partial charge in [-0.3, -0.25) is 4.79 Å². The topological polar surface area (TPSA) is 75.6 Å². The third-order valence-corrected chi connectivity index (χ3v) is 5.10. The number of hydrogen-bond acceptors (Lipinski definition) is 4. The zero-order chi connectivity index (χ0) is 24.1. The van der Waals surface area contributed by atoms with Gasteiger partial charge in [-0.25, -0.2) is 4.79 Å². The Morgan fingerprint density at radius 3 is 1.97 bits per heavy atom. The van der Waals surface area contributed by atoms with Crippen molar-refractivity contribution in [2.75, 3.05) is 6.61 Å². The average molecular weight is 438 g/mol. The van der Waals surface area contributed by atoms with Crippen molar-refractivity contribution < 1.29 is 19.4 Å². The normalized spacial score (nSPS) is 12.1. The maximum atomic E-state index is 12.4. The lowest BCUT2D eigenvalue weighted by atomic mass is 9.78. The number of benzene rings is 2. The number of carbonyl (C=O) groups is 2. The fourth-order valence-electron chi connectivity index (χ4n) is 3.30. The minimum absolute atomic E-state index is 0.220. The highest BCUT2D eigenvalue weighted by Crippen LogP contribution is 2.39. The lowest BCUT2D eigenvalue weighted by Gasteiger charge is -2.28. The number of nitrogens with one attached hydrogen (secondary N) is 1. The second-order valence-corrected chi connectivity index (χ2v) is 9.93. The van der Waals surface area contributed by atoms with Gasteiger partial charge in [-0.1, -0.05) is 53.7 Å². The molecule has 2 aromatic rings. The van der Waals surface area contributed by atoms with Crippen molar-refractivity contribution in [3.63, 3.8) is 0 Å². The van der Waals surface area contributed by atoms with Crippen LogP contribution in [0.4, 0.5) is 0 Å². The van der Waals surface area contributed by atoms with Crippen LogP contribution in [0, 0.1) is 0 Å². The predicted molar refractivity (Wildman–Crippen MR) is 129 cm³/mol. The first-order chi connectivity index (χ1) is 14.8. The van der Waals surface area contributed by atoms with E-state index in [-0.39, 0.29) is 22.7 Å². The highest BCUT2D eigenvalue weighted by molar-refractivity contribution is 5.92. The van der Waals surface area contributed by atoms with E-state index in [0.29, 0.717) is 24.5 Å². The van der Waals surface area contributed by atoms with Gasteiger partial charge in [0, 0.05) is 12.6 Å². The summed E-state index contributed by atoms with van der Waals surface area (Å²) in [4.78, 5) is 24.1. The maximum Gasteiger partial charge on any atom is 0.338 e. The van der Waals surface area contributed by atoms with E-state index in [0.717, 1.165) is 22.3 Å². The molecular formula is C27H35NO4. The lowest BCUT2D eigenvalue weighted by Crippen LogP contribution is -2.22. The molecule has 0 bridgehead atoms. The molecule has 0 aliphatic carbocycles. The van der Waals surface area contributed by atoms with Crippen LogP contribution in [-0.2, 0) is 26.9 Å². The van der Waals surface area contributed by atoms with Gasteiger partial charge in [0.05, 0.1) is 12.2 Å². The second-order valence-electron chi connectivity index (χ2n) is 9.93. The van der Waals surface area contributed by atoms with E-state index < -0.39 is 0 Å². The van der Waals surface area contributed by atoms with Crippen molar-refractivity contribution >= 4 is 18.0 Å². The number of ether oxygens (including phenoxy) is 1. The molecule has 0 radical (unpaired) electrons. The molecule has 0 saturated carbocycles. The molecule has 5 nitrogen and oxygen atoms in total. The third kappa shape index (κ3) is 6.71. The van der Waals surface area contributed by atoms with Crippen LogP contribution in [-0.4, -0.2) is 23.6 Å². The Hall–Kier alpha value is -3.08. The van der Waals surface area contributed by atoms with E-state index in [2.05, 4.69) is 46.9 Å². The zero-order valence-corrected chi connectivity index (χ0v) is 20.2. The Morgan fingerprint density at radius 1 is 0.969 bits per heavy atom. The van der Waals surface area contributed by atoms with Crippen LogP contribution in [0.15, 0.2) is 42.5 Å². The Labute approximate surface area is 191 Å². The van der Waals surface area contributed by atoms with Gasteiger partial charge in [0.15, 0.2) is 0 Å². The van der Waals surface area contributed by atoms with Crippen LogP contribution in [0.3, 0.4) is 0 Å². The summed E-state index contributed by atoms with van der Waals surface area (Å²) in [6.07, 6.45) is 3.16. The van der Waals surface area contributed by atoms with Gasteiger partial charge in [0.2, 0.25) is 5.91 Å². The highest BCUT2D eigenvalue weighted by Gasteiger charge is 2.26. The van der Waals surface area contributed by atoms with Gasteiger partial charge in [-0.2, -0.15) is 0 Å². The number of carbonyl (C=O) groups excluding carboxylic acids is 2. The zero-order valence-electron chi connectivity index (χ0n) is 20.2. The van der Waals surface area contributed by atoms with Crippen LogP contribution >= 0.6 is 0 Å². The van der Waals surface area contributed by atoms with Crippen molar-refractivity contribution in [2.45, 2.75) is 65.8 Å². The molecule has 2 N–H and O–H groups in total. The van der Waals surface area contributed by atoms with Crippen molar-refractivity contribution in [1.29, 1.82) is 0 Å². The van der Waals surface area contributed by atoms with Gasteiger partial charge < -0.3 is 15.2 Å². The Morgan fingerprint density at radius 2 is 1.50 bits per heavy atom. The summed E-state index contributed by atoms with van der Waals surface area (Å²) in [5, 5.41) is 13.7. The summed E-state index contributed by atoms with van der Waals surface area (Å²) in [5.74, 6) is -0.257. The molecular weight excluding hydrogens is 402 g/mol.